The van der Waals surface area contributed by atoms with Crippen LogP contribution in [0.1, 0.15) is 45.2 Å². The summed E-state index contributed by atoms with van der Waals surface area (Å²) in [6, 6.07) is 16.5. The van der Waals surface area contributed by atoms with Crippen molar-refractivity contribution in [2.45, 2.75) is 64.1 Å². The van der Waals surface area contributed by atoms with Gasteiger partial charge in [0, 0.05) is 32.7 Å². The molecule has 2 amide bonds. The third kappa shape index (κ3) is 8.38. The van der Waals surface area contributed by atoms with Crippen LogP contribution in [0.25, 0.3) is 0 Å². The molecule has 3 aromatic rings. The van der Waals surface area contributed by atoms with Gasteiger partial charge in [0.25, 0.3) is 10.0 Å². The quantitative estimate of drug-likeness (QED) is 0.263. The lowest BCUT2D eigenvalue weighted by Crippen LogP contribution is -2.55. The van der Waals surface area contributed by atoms with E-state index in [1.807, 2.05) is 27.7 Å². The molecular weight excluding hydrogens is 605 g/mol. The van der Waals surface area contributed by atoms with E-state index < -0.39 is 34.1 Å². The molecule has 0 aliphatic carbocycles. The molecule has 0 saturated carbocycles. The summed E-state index contributed by atoms with van der Waals surface area (Å²) in [5, 5.41) is 3.98. The van der Waals surface area contributed by atoms with Gasteiger partial charge in [0.15, 0.2) is 0 Å². The van der Waals surface area contributed by atoms with Crippen molar-refractivity contribution in [2.24, 2.45) is 0 Å². The summed E-state index contributed by atoms with van der Waals surface area (Å²) in [6.45, 7) is 8.45. The Morgan fingerprint density at radius 3 is 1.98 bits per heavy atom. The number of rotatable bonds is 10. The summed E-state index contributed by atoms with van der Waals surface area (Å²) >= 11 is 19.0. The Hall–Kier alpha value is -2.78. The largest absolute Gasteiger partial charge is 0.350 e. The number of sulfonamides is 1. The SMILES string of the molecule is CCC(C(=O)NC(C)(C)C)N(Cc1c(Cl)cccc1Cl)C(=O)CN(c1ccc(Cl)cc1)S(=O)(=O)c1ccc(C)cc1. The molecule has 0 radical (unpaired) electrons. The molecule has 0 aliphatic rings. The van der Waals surface area contributed by atoms with Gasteiger partial charge in [-0.05, 0) is 82.6 Å². The minimum absolute atomic E-state index is 0.0177. The van der Waals surface area contributed by atoms with E-state index in [0.29, 0.717) is 20.6 Å². The zero-order chi connectivity index (χ0) is 30.5. The van der Waals surface area contributed by atoms with Gasteiger partial charge in [0.05, 0.1) is 10.6 Å². The van der Waals surface area contributed by atoms with Crippen LogP contribution in [0.2, 0.25) is 15.1 Å². The first-order chi connectivity index (χ1) is 19.1. The number of carbonyl (C=O) groups is 2. The molecule has 3 aromatic carbocycles. The summed E-state index contributed by atoms with van der Waals surface area (Å²) in [7, 11) is -4.19. The molecule has 1 N–H and O–H groups in total. The molecule has 220 valence electrons. The van der Waals surface area contributed by atoms with Gasteiger partial charge >= 0.3 is 0 Å². The first-order valence-electron chi connectivity index (χ1n) is 13.0. The van der Waals surface area contributed by atoms with Gasteiger partial charge < -0.3 is 10.2 Å². The second-order valence-corrected chi connectivity index (χ2v) is 13.8. The lowest BCUT2D eigenvalue weighted by Gasteiger charge is -2.35. The molecule has 0 saturated heterocycles. The van der Waals surface area contributed by atoms with Crippen molar-refractivity contribution < 1.29 is 18.0 Å². The minimum Gasteiger partial charge on any atom is -0.350 e. The average Bonchev–Trinajstić information content (AvgIpc) is 2.88. The average molecular weight is 639 g/mol. The maximum absolute atomic E-state index is 14.2. The number of anilines is 1. The van der Waals surface area contributed by atoms with E-state index in [4.69, 9.17) is 34.8 Å². The van der Waals surface area contributed by atoms with Crippen molar-refractivity contribution in [3.63, 3.8) is 0 Å². The van der Waals surface area contributed by atoms with Crippen molar-refractivity contribution in [3.05, 3.63) is 92.9 Å². The first kappa shape index (κ1) is 32.7. The van der Waals surface area contributed by atoms with Crippen LogP contribution < -0.4 is 9.62 Å². The normalized spacial score (nSPS) is 12.5. The Kier molecular flexibility index (Phi) is 10.7. The Morgan fingerprint density at radius 2 is 1.46 bits per heavy atom. The second kappa shape index (κ2) is 13.5. The van der Waals surface area contributed by atoms with Crippen molar-refractivity contribution in [2.75, 3.05) is 10.8 Å². The maximum atomic E-state index is 14.2. The molecule has 7 nitrogen and oxygen atoms in total. The minimum atomic E-state index is -4.19. The van der Waals surface area contributed by atoms with Gasteiger partial charge in [-0.3, -0.25) is 13.9 Å². The molecule has 41 heavy (non-hydrogen) atoms. The molecule has 0 aliphatic heterocycles. The van der Waals surface area contributed by atoms with Crippen LogP contribution in [-0.2, 0) is 26.2 Å². The molecule has 11 heteroatoms. The topological polar surface area (TPSA) is 86.8 Å². The third-order valence-electron chi connectivity index (χ3n) is 6.28. The zero-order valence-electron chi connectivity index (χ0n) is 23.6. The van der Waals surface area contributed by atoms with Crippen LogP contribution in [0.3, 0.4) is 0 Å². The van der Waals surface area contributed by atoms with E-state index in [1.54, 1.807) is 49.4 Å². The third-order valence-corrected chi connectivity index (χ3v) is 9.02. The highest BCUT2D eigenvalue weighted by atomic mass is 35.5. The molecular formula is C30H34Cl3N3O4S. The van der Waals surface area contributed by atoms with Crippen LogP contribution >= 0.6 is 34.8 Å². The highest BCUT2D eigenvalue weighted by Gasteiger charge is 2.35. The van der Waals surface area contributed by atoms with Crippen LogP contribution in [0, 0.1) is 6.92 Å². The van der Waals surface area contributed by atoms with Crippen molar-refractivity contribution in [1.82, 2.24) is 10.2 Å². The number of aryl methyl sites for hydroxylation is 1. The van der Waals surface area contributed by atoms with E-state index >= 15 is 0 Å². The molecule has 1 atom stereocenters. The molecule has 3 rings (SSSR count). The number of hydrogen-bond donors (Lipinski definition) is 1. The van der Waals surface area contributed by atoms with Crippen molar-refractivity contribution >= 4 is 62.3 Å². The van der Waals surface area contributed by atoms with Gasteiger partial charge in [0.2, 0.25) is 11.8 Å². The summed E-state index contributed by atoms with van der Waals surface area (Å²) in [6.07, 6.45) is 0.265. The molecule has 0 bridgehead atoms. The smallest absolute Gasteiger partial charge is 0.264 e. The number of nitrogens with one attached hydrogen (secondary N) is 1. The van der Waals surface area contributed by atoms with Gasteiger partial charge in [-0.25, -0.2) is 8.42 Å². The summed E-state index contributed by atoms with van der Waals surface area (Å²) < 4.78 is 28.9. The lowest BCUT2D eigenvalue weighted by molar-refractivity contribution is -0.141. The lowest BCUT2D eigenvalue weighted by atomic mass is 10.1. The highest BCUT2D eigenvalue weighted by Crippen LogP contribution is 2.29. The van der Waals surface area contributed by atoms with Gasteiger partial charge in [-0.2, -0.15) is 0 Å². The maximum Gasteiger partial charge on any atom is 0.264 e. The van der Waals surface area contributed by atoms with Crippen LogP contribution in [0.4, 0.5) is 5.69 Å². The van der Waals surface area contributed by atoms with E-state index in [0.717, 1.165) is 9.87 Å². The fraction of sp³-hybridized carbons (Fsp3) is 0.333. The Labute approximate surface area is 257 Å². The zero-order valence-corrected chi connectivity index (χ0v) is 26.7. The van der Waals surface area contributed by atoms with E-state index in [-0.39, 0.29) is 29.5 Å². The van der Waals surface area contributed by atoms with E-state index in [1.165, 1.54) is 29.2 Å². The number of hydrogen-bond acceptors (Lipinski definition) is 4. The van der Waals surface area contributed by atoms with Crippen LogP contribution in [-0.4, -0.2) is 43.3 Å². The van der Waals surface area contributed by atoms with Crippen molar-refractivity contribution in [3.8, 4) is 0 Å². The van der Waals surface area contributed by atoms with E-state index in [9.17, 15) is 18.0 Å². The predicted molar refractivity (Wildman–Crippen MR) is 166 cm³/mol. The fourth-order valence-corrected chi connectivity index (χ4v) is 6.26. The summed E-state index contributed by atoms with van der Waals surface area (Å²) in [4.78, 5) is 28.9. The molecule has 0 spiro atoms. The van der Waals surface area contributed by atoms with Gasteiger partial charge in [0.1, 0.15) is 12.6 Å². The molecule has 0 aromatic heterocycles. The predicted octanol–water partition coefficient (Wildman–Crippen LogP) is 6.87. The molecule has 1 unspecified atom stereocenters. The first-order valence-corrected chi connectivity index (χ1v) is 15.6. The second-order valence-electron chi connectivity index (χ2n) is 10.7. The highest BCUT2D eigenvalue weighted by molar-refractivity contribution is 7.92. The standard InChI is InChI=1S/C30H34Cl3N3O4S/c1-6-27(29(38)34-30(3,4)5)35(18-24-25(32)8-7-9-26(24)33)28(37)19-36(22-14-12-21(31)13-15-22)41(39,40)23-16-10-20(2)11-17-23/h7-17,27H,6,18-19H2,1-5H3,(H,34,38). The van der Waals surface area contributed by atoms with Gasteiger partial charge in [-0.1, -0.05) is 65.5 Å². The fourth-order valence-electron chi connectivity index (χ4n) is 4.20. The molecule has 0 fully saturated rings. The summed E-state index contributed by atoms with van der Waals surface area (Å²) in [5.74, 6) is -0.988. The van der Waals surface area contributed by atoms with Crippen LogP contribution in [0.5, 0.6) is 0 Å². The number of benzene rings is 3. The summed E-state index contributed by atoms with van der Waals surface area (Å²) in [5.41, 5.74) is 1.01. The van der Waals surface area contributed by atoms with E-state index in [2.05, 4.69) is 5.32 Å². The number of amides is 2. The van der Waals surface area contributed by atoms with Crippen LogP contribution in [0.15, 0.2) is 71.6 Å². The number of carbonyl (C=O) groups excluding carboxylic acids is 2. The van der Waals surface area contributed by atoms with Crippen molar-refractivity contribution in [1.29, 1.82) is 0 Å². The monoisotopic (exact) mass is 637 g/mol. The number of halogens is 3. The molecule has 0 heterocycles. The Balaban J connectivity index is 2.11. The Morgan fingerprint density at radius 1 is 0.902 bits per heavy atom. The number of nitrogens with zero attached hydrogens (tertiary/aromatic N) is 2. The van der Waals surface area contributed by atoms with Gasteiger partial charge in [-0.15, -0.1) is 0 Å². The Bertz CT molecular complexity index is 1470.